The van der Waals surface area contributed by atoms with Crippen molar-refractivity contribution >= 4 is 33.9 Å². The SMILES string of the molecule is CCSc1csc(NN=C(C)C)n1. The lowest BCUT2D eigenvalue weighted by Gasteiger charge is -1.93. The first kappa shape index (κ1) is 10.5. The van der Waals surface area contributed by atoms with E-state index in [-0.39, 0.29) is 0 Å². The molecule has 0 fully saturated rings. The standard InChI is InChI=1S/C8H13N3S2/c1-4-12-7-5-13-8(9-7)11-10-6(2)3/h5H,4H2,1-3H3,(H,9,11). The maximum absolute atomic E-state index is 4.34. The number of thioether (sulfide) groups is 1. The fourth-order valence-corrected chi connectivity index (χ4v) is 2.12. The molecule has 0 aliphatic rings. The molecule has 72 valence electrons. The summed E-state index contributed by atoms with van der Waals surface area (Å²) in [6.45, 7) is 6.01. The van der Waals surface area contributed by atoms with Crippen molar-refractivity contribution < 1.29 is 0 Å². The molecule has 0 aliphatic heterocycles. The highest BCUT2D eigenvalue weighted by Crippen LogP contribution is 2.23. The number of thiazole rings is 1. The van der Waals surface area contributed by atoms with Crippen LogP contribution in [-0.4, -0.2) is 16.4 Å². The molecule has 0 unspecified atom stereocenters. The van der Waals surface area contributed by atoms with Crippen LogP contribution in [0.25, 0.3) is 0 Å². The minimum absolute atomic E-state index is 0.858. The zero-order valence-electron chi connectivity index (χ0n) is 8.00. The molecule has 5 heteroatoms. The number of anilines is 1. The van der Waals surface area contributed by atoms with E-state index in [1.54, 1.807) is 23.1 Å². The zero-order valence-corrected chi connectivity index (χ0v) is 9.63. The quantitative estimate of drug-likeness (QED) is 0.476. The average Bonchev–Trinajstić information content (AvgIpc) is 2.50. The number of hydrazone groups is 1. The summed E-state index contributed by atoms with van der Waals surface area (Å²) in [5.74, 6) is 1.05. The molecule has 13 heavy (non-hydrogen) atoms. The van der Waals surface area contributed by atoms with Gasteiger partial charge in [-0.05, 0) is 19.6 Å². The number of nitrogens with zero attached hydrogens (tertiary/aromatic N) is 2. The summed E-state index contributed by atoms with van der Waals surface area (Å²) in [7, 11) is 0. The smallest absolute Gasteiger partial charge is 0.204 e. The Bertz CT molecular complexity index is 289. The van der Waals surface area contributed by atoms with Gasteiger partial charge in [0.25, 0.3) is 0 Å². The molecule has 0 saturated heterocycles. The first-order valence-corrected chi connectivity index (χ1v) is 5.94. The van der Waals surface area contributed by atoms with Crippen LogP contribution in [0.5, 0.6) is 0 Å². The van der Waals surface area contributed by atoms with Crippen LogP contribution in [0.3, 0.4) is 0 Å². The Morgan fingerprint density at radius 3 is 3.08 bits per heavy atom. The van der Waals surface area contributed by atoms with Crippen LogP contribution in [-0.2, 0) is 0 Å². The predicted octanol–water partition coefficient (Wildman–Crippen LogP) is 3.06. The monoisotopic (exact) mass is 215 g/mol. The molecule has 0 aliphatic carbocycles. The van der Waals surface area contributed by atoms with Gasteiger partial charge in [0, 0.05) is 11.1 Å². The van der Waals surface area contributed by atoms with Crippen LogP contribution in [0.4, 0.5) is 5.13 Å². The van der Waals surface area contributed by atoms with Gasteiger partial charge in [-0.15, -0.1) is 23.1 Å². The summed E-state index contributed by atoms with van der Waals surface area (Å²) < 4.78 is 0. The molecule has 0 atom stereocenters. The van der Waals surface area contributed by atoms with E-state index in [1.807, 2.05) is 19.2 Å². The van der Waals surface area contributed by atoms with E-state index in [2.05, 4.69) is 22.4 Å². The Balaban J connectivity index is 2.53. The van der Waals surface area contributed by atoms with Crippen LogP contribution >= 0.6 is 23.1 Å². The van der Waals surface area contributed by atoms with Crippen molar-refractivity contribution in [2.75, 3.05) is 11.2 Å². The van der Waals surface area contributed by atoms with Crippen LogP contribution in [0.2, 0.25) is 0 Å². The summed E-state index contributed by atoms with van der Waals surface area (Å²) in [5.41, 5.74) is 3.90. The third-order valence-electron chi connectivity index (χ3n) is 1.15. The first-order valence-electron chi connectivity index (χ1n) is 4.07. The second kappa shape index (κ2) is 5.24. The van der Waals surface area contributed by atoms with Crippen LogP contribution < -0.4 is 5.43 Å². The summed E-state index contributed by atoms with van der Waals surface area (Å²) in [4.78, 5) is 4.34. The molecule has 1 rings (SSSR count). The van der Waals surface area contributed by atoms with Gasteiger partial charge in [-0.1, -0.05) is 6.92 Å². The van der Waals surface area contributed by atoms with Crippen molar-refractivity contribution in [1.82, 2.24) is 4.98 Å². The Morgan fingerprint density at radius 1 is 1.69 bits per heavy atom. The Hall–Kier alpha value is -0.550. The van der Waals surface area contributed by atoms with E-state index >= 15 is 0 Å². The largest absolute Gasteiger partial charge is 0.253 e. The maximum Gasteiger partial charge on any atom is 0.204 e. The van der Waals surface area contributed by atoms with Crippen LogP contribution in [0, 0.1) is 0 Å². The van der Waals surface area contributed by atoms with Crippen LogP contribution in [0.15, 0.2) is 15.5 Å². The third-order valence-corrected chi connectivity index (χ3v) is 2.84. The minimum atomic E-state index is 0.858. The fraction of sp³-hybridized carbons (Fsp3) is 0.500. The zero-order chi connectivity index (χ0) is 9.68. The predicted molar refractivity (Wildman–Crippen MR) is 60.9 cm³/mol. The van der Waals surface area contributed by atoms with Gasteiger partial charge in [-0.25, -0.2) is 4.98 Å². The molecular formula is C8H13N3S2. The van der Waals surface area contributed by atoms with Crippen molar-refractivity contribution in [2.24, 2.45) is 5.10 Å². The Labute approximate surface area is 86.7 Å². The molecule has 0 saturated carbocycles. The normalized spacial score (nSPS) is 9.77. The molecule has 0 spiro atoms. The van der Waals surface area contributed by atoms with Gasteiger partial charge < -0.3 is 0 Å². The van der Waals surface area contributed by atoms with Gasteiger partial charge in [-0.3, -0.25) is 5.43 Å². The van der Waals surface area contributed by atoms with Crippen molar-refractivity contribution in [1.29, 1.82) is 0 Å². The second-order valence-electron chi connectivity index (χ2n) is 2.59. The van der Waals surface area contributed by atoms with Crippen molar-refractivity contribution in [2.45, 2.75) is 25.8 Å². The summed E-state index contributed by atoms with van der Waals surface area (Å²) in [6, 6.07) is 0. The molecule has 0 amide bonds. The average molecular weight is 215 g/mol. The molecule has 0 bridgehead atoms. The minimum Gasteiger partial charge on any atom is -0.253 e. The highest BCUT2D eigenvalue weighted by atomic mass is 32.2. The van der Waals surface area contributed by atoms with Gasteiger partial charge in [0.05, 0.1) is 0 Å². The number of nitrogens with one attached hydrogen (secondary N) is 1. The van der Waals surface area contributed by atoms with E-state index < -0.39 is 0 Å². The first-order chi connectivity index (χ1) is 6.22. The lowest BCUT2D eigenvalue weighted by atomic mass is 10.5. The molecule has 1 heterocycles. The molecular weight excluding hydrogens is 202 g/mol. The Morgan fingerprint density at radius 2 is 2.46 bits per heavy atom. The second-order valence-corrected chi connectivity index (χ2v) is 4.74. The fourth-order valence-electron chi connectivity index (χ4n) is 0.684. The topological polar surface area (TPSA) is 37.3 Å². The summed E-state index contributed by atoms with van der Waals surface area (Å²) in [6.07, 6.45) is 0. The van der Waals surface area contributed by atoms with Crippen molar-refractivity contribution in [3.8, 4) is 0 Å². The van der Waals surface area contributed by atoms with E-state index in [1.165, 1.54) is 0 Å². The van der Waals surface area contributed by atoms with Crippen molar-refractivity contribution in [3.63, 3.8) is 0 Å². The maximum atomic E-state index is 4.34. The lowest BCUT2D eigenvalue weighted by molar-refractivity contribution is 1.16. The van der Waals surface area contributed by atoms with E-state index in [9.17, 15) is 0 Å². The highest BCUT2D eigenvalue weighted by molar-refractivity contribution is 7.99. The number of hydrogen-bond donors (Lipinski definition) is 1. The molecule has 1 N–H and O–H groups in total. The third kappa shape index (κ3) is 3.78. The summed E-state index contributed by atoms with van der Waals surface area (Å²) in [5, 5.41) is 8.04. The summed E-state index contributed by atoms with van der Waals surface area (Å²) >= 11 is 3.32. The molecule has 3 nitrogen and oxygen atoms in total. The van der Waals surface area contributed by atoms with Gasteiger partial charge in [0.1, 0.15) is 5.03 Å². The number of rotatable bonds is 4. The van der Waals surface area contributed by atoms with Gasteiger partial charge in [0.15, 0.2) is 0 Å². The van der Waals surface area contributed by atoms with E-state index in [0.717, 1.165) is 21.6 Å². The molecule has 1 aromatic heterocycles. The number of hydrogen-bond acceptors (Lipinski definition) is 5. The lowest BCUT2D eigenvalue weighted by Crippen LogP contribution is -1.91. The Kier molecular flexibility index (Phi) is 4.24. The highest BCUT2D eigenvalue weighted by Gasteiger charge is 1.99. The molecule has 0 aromatic carbocycles. The van der Waals surface area contributed by atoms with Crippen LogP contribution in [0.1, 0.15) is 20.8 Å². The molecule has 1 aromatic rings. The number of aromatic nitrogens is 1. The van der Waals surface area contributed by atoms with E-state index in [4.69, 9.17) is 0 Å². The van der Waals surface area contributed by atoms with Crippen molar-refractivity contribution in [3.05, 3.63) is 5.38 Å². The van der Waals surface area contributed by atoms with E-state index in [0.29, 0.717) is 0 Å². The van der Waals surface area contributed by atoms with Gasteiger partial charge in [-0.2, -0.15) is 5.10 Å². The molecule has 0 radical (unpaired) electrons. The van der Waals surface area contributed by atoms with Gasteiger partial charge >= 0.3 is 0 Å². The van der Waals surface area contributed by atoms with Gasteiger partial charge in [0.2, 0.25) is 5.13 Å².